The van der Waals surface area contributed by atoms with E-state index in [-0.39, 0.29) is 18.5 Å². The third-order valence-electron chi connectivity index (χ3n) is 5.22. The highest BCUT2D eigenvalue weighted by atomic mass is 16.5. The van der Waals surface area contributed by atoms with Gasteiger partial charge in [0.15, 0.2) is 0 Å². The van der Waals surface area contributed by atoms with Crippen LogP contribution in [-0.4, -0.2) is 23.1 Å². The summed E-state index contributed by atoms with van der Waals surface area (Å²) in [5, 5.41) is 8.72. The van der Waals surface area contributed by atoms with Gasteiger partial charge in [0.05, 0.1) is 0 Å². The summed E-state index contributed by atoms with van der Waals surface area (Å²) >= 11 is 0. The van der Waals surface area contributed by atoms with Crippen molar-refractivity contribution >= 4 is 11.9 Å². The summed E-state index contributed by atoms with van der Waals surface area (Å²) in [7, 11) is 0. The molecule has 1 unspecified atom stereocenters. The lowest BCUT2D eigenvalue weighted by molar-refractivity contribution is -0.150. The molecule has 170 valence electrons. The second-order valence-corrected chi connectivity index (χ2v) is 8.17. The molecule has 0 saturated heterocycles. The molecule has 0 radical (unpaired) electrons. The van der Waals surface area contributed by atoms with E-state index in [1.807, 2.05) is 0 Å². The van der Waals surface area contributed by atoms with E-state index in [0.717, 1.165) is 25.7 Å². The van der Waals surface area contributed by atoms with E-state index in [1.54, 1.807) is 0 Å². The van der Waals surface area contributed by atoms with Crippen LogP contribution in [0.4, 0.5) is 0 Å². The zero-order valence-corrected chi connectivity index (χ0v) is 19.1. The van der Waals surface area contributed by atoms with Crippen LogP contribution in [0.25, 0.3) is 0 Å². The number of hydrogen-bond donors (Lipinski definition) is 1. The third kappa shape index (κ3) is 21.2. The van der Waals surface area contributed by atoms with Crippen LogP contribution in [-0.2, 0) is 14.3 Å². The van der Waals surface area contributed by atoms with Crippen molar-refractivity contribution in [3.8, 4) is 0 Å². The lowest BCUT2D eigenvalue weighted by Gasteiger charge is -2.17. The van der Waals surface area contributed by atoms with E-state index in [4.69, 9.17) is 9.84 Å². The average molecular weight is 411 g/mol. The maximum Gasteiger partial charge on any atom is 0.306 e. The summed E-state index contributed by atoms with van der Waals surface area (Å²) in [5.41, 5.74) is 0. The smallest absolute Gasteiger partial charge is 0.306 e. The Morgan fingerprint density at radius 3 is 1.90 bits per heavy atom. The molecule has 0 spiro atoms. The van der Waals surface area contributed by atoms with Gasteiger partial charge in [-0.15, -0.1) is 0 Å². The average Bonchev–Trinajstić information content (AvgIpc) is 2.68. The Labute approximate surface area is 179 Å². The highest BCUT2D eigenvalue weighted by Gasteiger charge is 2.14. The first-order chi connectivity index (χ1) is 14.1. The van der Waals surface area contributed by atoms with E-state index in [9.17, 15) is 9.59 Å². The molecule has 4 nitrogen and oxygen atoms in total. The summed E-state index contributed by atoms with van der Waals surface area (Å²) < 4.78 is 5.55. The first-order valence-electron chi connectivity index (χ1n) is 12.2. The summed E-state index contributed by atoms with van der Waals surface area (Å²) in [6.07, 6.45) is 22.9. The van der Waals surface area contributed by atoms with Gasteiger partial charge in [-0.05, 0) is 51.4 Å². The highest BCUT2D eigenvalue weighted by Crippen LogP contribution is 2.14. The zero-order chi connectivity index (χ0) is 21.6. The molecule has 0 aromatic carbocycles. The lowest BCUT2D eigenvalue weighted by atomic mass is 10.1. The Hall–Kier alpha value is -1.32. The number of hydrogen-bond acceptors (Lipinski definition) is 3. The molecule has 0 bridgehead atoms. The van der Waals surface area contributed by atoms with Crippen molar-refractivity contribution in [1.29, 1.82) is 0 Å². The Morgan fingerprint density at radius 2 is 1.31 bits per heavy atom. The van der Waals surface area contributed by atoms with Crippen LogP contribution in [0, 0.1) is 0 Å². The fourth-order valence-electron chi connectivity index (χ4n) is 3.47. The van der Waals surface area contributed by atoms with Gasteiger partial charge in [-0.2, -0.15) is 0 Å². The first-order valence-corrected chi connectivity index (χ1v) is 12.2. The van der Waals surface area contributed by atoms with Gasteiger partial charge in [0.2, 0.25) is 0 Å². The van der Waals surface area contributed by atoms with Gasteiger partial charge in [-0.25, -0.2) is 0 Å². The molecule has 0 aliphatic heterocycles. The van der Waals surface area contributed by atoms with Crippen LogP contribution in [0.5, 0.6) is 0 Å². The molecule has 0 amide bonds. The van der Waals surface area contributed by atoms with E-state index >= 15 is 0 Å². The fraction of sp³-hybridized carbons (Fsp3) is 0.840. The molecule has 0 aromatic heterocycles. The number of aliphatic carboxylic acids is 1. The number of rotatable bonds is 21. The van der Waals surface area contributed by atoms with Crippen LogP contribution in [0.3, 0.4) is 0 Å². The number of allylic oxidation sites excluding steroid dienone is 2. The van der Waals surface area contributed by atoms with E-state index in [0.29, 0.717) is 19.3 Å². The molecule has 0 saturated carbocycles. The Kier molecular flexibility index (Phi) is 20.4. The van der Waals surface area contributed by atoms with Gasteiger partial charge in [-0.3, -0.25) is 9.59 Å². The maximum atomic E-state index is 12.0. The molecular formula is C25H46O4. The number of esters is 1. The standard InChI is InChI=1S/C25H46O4/c1-3-5-6-7-8-9-10-11-12-13-14-15-16-17-22-25(28)29-23(19-4-2)20-18-21-24(26)27/h10-11,23H,3-9,12-22H2,1-2H3,(H,26,27)/b11-10-. The minimum atomic E-state index is -0.788. The van der Waals surface area contributed by atoms with Crippen molar-refractivity contribution in [1.82, 2.24) is 0 Å². The summed E-state index contributed by atoms with van der Waals surface area (Å²) in [6, 6.07) is 0. The molecule has 0 aromatic rings. The van der Waals surface area contributed by atoms with E-state index in [2.05, 4.69) is 26.0 Å². The second-order valence-electron chi connectivity index (χ2n) is 8.17. The van der Waals surface area contributed by atoms with Crippen LogP contribution in [0.1, 0.15) is 129 Å². The van der Waals surface area contributed by atoms with Crippen molar-refractivity contribution in [2.75, 3.05) is 0 Å². The van der Waals surface area contributed by atoms with Gasteiger partial charge in [0, 0.05) is 12.8 Å². The first kappa shape index (κ1) is 27.7. The van der Waals surface area contributed by atoms with Crippen molar-refractivity contribution < 1.29 is 19.4 Å². The van der Waals surface area contributed by atoms with Gasteiger partial charge in [0.25, 0.3) is 0 Å². The molecule has 1 N–H and O–H groups in total. The van der Waals surface area contributed by atoms with Crippen molar-refractivity contribution in [3.05, 3.63) is 12.2 Å². The van der Waals surface area contributed by atoms with E-state index in [1.165, 1.54) is 64.2 Å². The number of unbranched alkanes of at least 4 members (excludes halogenated alkanes) is 10. The molecule has 0 aliphatic carbocycles. The number of carbonyl (C=O) groups is 2. The highest BCUT2D eigenvalue weighted by molar-refractivity contribution is 5.69. The van der Waals surface area contributed by atoms with Crippen molar-refractivity contribution in [3.63, 3.8) is 0 Å². The van der Waals surface area contributed by atoms with Crippen molar-refractivity contribution in [2.24, 2.45) is 0 Å². The van der Waals surface area contributed by atoms with Crippen LogP contribution in [0.2, 0.25) is 0 Å². The predicted molar refractivity (Wildman–Crippen MR) is 121 cm³/mol. The number of carboxylic acid groups (broad SMARTS) is 1. The largest absolute Gasteiger partial charge is 0.481 e. The van der Waals surface area contributed by atoms with Gasteiger partial charge < -0.3 is 9.84 Å². The van der Waals surface area contributed by atoms with Gasteiger partial charge >= 0.3 is 11.9 Å². The normalized spacial score (nSPS) is 12.3. The molecule has 0 heterocycles. The summed E-state index contributed by atoms with van der Waals surface area (Å²) in [6.45, 7) is 4.31. The van der Waals surface area contributed by atoms with Crippen LogP contribution < -0.4 is 0 Å². The number of carboxylic acids is 1. The van der Waals surface area contributed by atoms with Gasteiger partial charge in [0.1, 0.15) is 6.10 Å². The quantitative estimate of drug-likeness (QED) is 0.120. The molecule has 29 heavy (non-hydrogen) atoms. The van der Waals surface area contributed by atoms with E-state index < -0.39 is 5.97 Å². The van der Waals surface area contributed by atoms with Gasteiger partial charge in [-0.1, -0.05) is 77.4 Å². The summed E-state index contributed by atoms with van der Waals surface area (Å²) in [4.78, 5) is 22.6. The molecular weight excluding hydrogens is 364 g/mol. The Balaban J connectivity index is 3.56. The number of ether oxygens (including phenoxy) is 1. The topological polar surface area (TPSA) is 63.6 Å². The van der Waals surface area contributed by atoms with Crippen LogP contribution in [0.15, 0.2) is 12.2 Å². The minimum absolute atomic E-state index is 0.120. The molecule has 0 aliphatic rings. The molecule has 0 rings (SSSR count). The Bertz CT molecular complexity index is 417. The lowest BCUT2D eigenvalue weighted by Crippen LogP contribution is -2.18. The fourth-order valence-corrected chi connectivity index (χ4v) is 3.47. The Morgan fingerprint density at radius 1 is 0.724 bits per heavy atom. The SMILES string of the molecule is CCCCCCC/C=C\CCCCCCCC(=O)OC(CCC)CCCC(=O)O. The molecule has 4 heteroatoms. The van der Waals surface area contributed by atoms with Crippen molar-refractivity contribution in [2.45, 2.75) is 136 Å². The monoisotopic (exact) mass is 410 g/mol. The predicted octanol–water partition coefficient (Wildman–Crippen LogP) is 7.60. The number of carbonyl (C=O) groups excluding carboxylic acids is 1. The minimum Gasteiger partial charge on any atom is -0.481 e. The second kappa shape index (κ2) is 21.4. The summed E-state index contributed by atoms with van der Waals surface area (Å²) in [5.74, 6) is -0.912. The zero-order valence-electron chi connectivity index (χ0n) is 19.1. The maximum absolute atomic E-state index is 12.0. The molecule has 0 fully saturated rings. The van der Waals surface area contributed by atoms with Crippen LogP contribution >= 0.6 is 0 Å². The third-order valence-corrected chi connectivity index (χ3v) is 5.22. The molecule has 1 atom stereocenters.